The number of carbonyl (C=O) groups excluding carboxylic acids is 1. The molecule has 0 aliphatic carbocycles. The molecule has 2 fully saturated rings. The van der Waals surface area contributed by atoms with Crippen LogP contribution in [0.15, 0.2) is 0 Å². The minimum absolute atomic E-state index is 0.217. The van der Waals surface area contributed by atoms with Crippen LogP contribution in [0.3, 0.4) is 0 Å². The highest BCUT2D eigenvalue weighted by Crippen LogP contribution is 2.26. The van der Waals surface area contributed by atoms with E-state index in [1.54, 1.807) is 0 Å². The van der Waals surface area contributed by atoms with Gasteiger partial charge in [-0.1, -0.05) is 0 Å². The predicted octanol–water partition coefficient (Wildman–Crippen LogP) is 0.858. The van der Waals surface area contributed by atoms with Gasteiger partial charge in [0.1, 0.15) is 0 Å². The van der Waals surface area contributed by atoms with Crippen molar-refractivity contribution in [2.45, 2.75) is 57.0 Å². The molecule has 4 heteroatoms. The lowest BCUT2D eigenvalue weighted by atomic mass is 9.97. The van der Waals surface area contributed by atoms with Gasteiger partial charge in [-0.2, -0.15) is 0 Å². The molecule has 2 aliphatic heterocycles. The van der Waals surface area contributed by atoms with E-state index in [0.29, 0.717) is 19.0 Å². The third-order valence-electron chi connectivity index (χ3n) is 4.04. The van der Waals surface area contributed by atoms with E-state index >= 15 is 0 Å². The normalized spacial score (nSPS) is 29.0. The third-order valence-corrected chi connectivity index (χ3v) is 4.04. The first-order valence-corrected chi connectivity index (χ1v) is 7.03. The fourth-order valence-electron chi connectivity index (χ4n) is 3.09. The molecular weight excluding hydrogens is 214 g/mol. The van der Waals surface area contributed by atoms with Gasteiger partial charge >= 0.3 is 0 Å². The number of nitrogens with one attached hydrogen (secondary N) is 1. The molecule has 17 heavy (non-hydrogen) atoms. The quantitative estimate of drug-likeness (QED) is 0.700. The smallest absolute Gasteiger partial charge is 0.220 e. The molecule has 3 N–H and O–H groups in total. The molecule has 0 aromatic rings. The van der Waals surface area contributed by atoms with Crippen molar-refractivity contribution >= 4 is 5.91 Å². The summed E-state index contributed by atoms with van der Waals surface area (Å²) in [6, 6.07) is 1.15. The van der Waals surface area contributed by atoms with E-state index in [0.717, 1.165) is 31.7 Å². The average Bonchev–Trinajstić information content (AvgIpc) is 2.76. The number of hydrogen-bond donors (Lipinski definition) is 2. The van der Waals surface area contributed by atoms with Crippen LogP contribution in [-0.2, 0) is 4.79 Å². The average molecular weight is 239 g/mol. The van der Waals surface area contributed by atoms with Gasteiger partial charge in [0.15, 0.2) is 0 Å². The van der Waals surface area contributed by atoms with E-state index in [9.17, 15) is 4.79 Å². The Morgan fingerprint density at radius 3 is 3.00 bits per heavy atom. The number of fused-ring (bicyclic) bond motifs is 1. The van der Waals surface area contributed by atoms with Crippen LogP contribution in [0, 0.1) is 0 Å². The number of carbonyl (C=O) groups is 1. The van der Waals surface area contributed by atoms with Crippen molar-refractivity contribution in [3.05, 3.63) is 0 Å². The molecule has 2 aliphatic rings. The number of amides is 1. The lowest BCUT2D eigenvalue weighted by Gasteiger charge is -2.35. The summed E-state index contributed by atoms with van der Waals surface area (Å²) in [5.74, 6) is 0.217. The first-order chi connectivity index (χ1) is 8.29. The maximum atomic E-state index is 11.7. The molecule has 2 atom stereocenters. The van der Waals surface area contributed by atoms with Crippen LogP contribution in [0.25, 0.3) is 0 Å². The zero-order chi connectivity index (χ0) is 12.1. The van der Waals surface area contributed by atoms with Gasteiger partial charge in [0.25, 0.3) is 0 Å². The van der Waals surface area contributed by atoms with Crippen molar-refractivity contribution in [1.29, 1.82) is 0 Å². The number of hydrogen-bond acceptors (Lipinski definition) is 3. The maximum Gasteiger partial charge on any atom is 0.220 e. The second kappa shape index (κ2) is 6.36. The fourth-order valence-corrected chi connectivity index (χ4v) is 3.09. The molecule has 98 valence electrons. The van der Waals surface area contributed by atoms with Crippen LogP contribution >= 0.6 is 0 Å². The van der Waals surface area contributed by atoms with E-state index in [-0.39, 0.29) is 5.91 Å². The van der Waals surface area contributed by atoms with E-state index in [1.165, 1.54) is 25.9 Å². The van der Waals surface area contributed by atoms with Gasteiger partial charge < -0.3 is 16.0 Å². The Balaban J connectivity index is 1.67. The van der Waals surface area contributed by atoms with Gasteiger partial charge in [0.2, 0.25) is 5.91 Å². The molecule has 2 unspecified atom stereocenters. The van der Waals surface area contributed by atoms with Crippen molar-refractivity contribution in [2.75, 3.05) is 19.6 Å². The molecule has 2 saturated heterocycles. The van der Waals surface area contributed by atoms with E-state index in [2.05, 4.69) is 10.2 Å². The van der Waals surface area contributed by atoms with Crippen LogP contribution in [0.4, 0.5) is 0 Å². The van der Waals surface area contributed by atoms with E-state index < -0.39 is 0 Å². The molecular formula is C13H25N3O. The van der Waals surface area contributed by atoms with Crippen molar-refractivity contribution < 1.29 is 4.79 Å². The van der Waals surface area contributed by atoms with Gasteiger partial charge in [-0.3, -0.25) is 4.79 Å². The molecule has 0 spiro atoms. The number of piperidine rings is 1. The highest BCUT2D eigenvalue weighted by Gasteiger charge is 2.31. The summed E-state index contributed by atoms with van der Waals surface area (Å²) >= 11 is 0. The molecule has 0 bridgehead atoms. The lowest BCUT2D eigenvalue weighted by molar-refractivity contribution is -0.122. The zero-order valence-electron chi connectivity index (χ0n) is 10.7. The molecule has 4 nitrogen and oxygen atoms in total. The predicted molar refractivity (Wildman–Crippen MR) is 68.7 cm³/mol. The first kappa shape index (κ1) is 12.8. The molecule has 0 saturated carbocycles. The highest BCUT2D eigenvalue weighted by atomic mass is 16.1. The Morgan fingerprint density at radius 2 is 2.18 bits per heavy atom. The van der Waals surface area contributed by atoms with Gasteiger partial charge in [-0.25, -0.2) is 0 Å². The fraction of sp³-hybridized carbons (Fsp3) is 0.923. The molecule has 2 rings (SSSR count). The summed E-state index contributed by atoms with van der Waals surface area (Å²) in [5, 5.41) is 3.18. The SMILES string of the molecule is NCCCCC(=O)NC1CCN2CCCC2C1. The van der Waals surface area contributed by atoms with Gasteiger partial charge in [0, 0.05) is 25.0 Å². The van der Waals surface area contributed by atoms with Crippen LogP contribution in [-0.4, -0.2) is 42.5 Å². The van der Waals surface area contributed by atoms with Crippen LogP contribution < -0.4 is 11.1 Å². The molecule has 0 aromatic carbocycles. The Morgan fingerprint density at radius 1 is 1.29 bits per heavy atom. The zero-order valence-corrected chi connectivity index (χ0v) is 10.7. The minimum atomic E-state index is 0.217. The van der Waals surface area contributed by atoms with Crippen LogP contribution in [0.5, 0.6) is 0 Å². The first-order valence-electron chi connectivity index (χ1n) is 7.03. The second-order valence-corrected chi connectivity index (χ2v) is 5.37. The number of nitrogens with zero attached hydrogens (tertiary/aromatic N) is 1. The highest BCUT2D eigenvalue weighted by molar-refractivity contribution is 5.76. The van der Waals surface area contributed by atoms with Crippen molar-refractivity contribution in [1.82, 2.24) is 10.2 Å². The Hall–Kier alpha value is -0.610. The summed E-state index contributed by atoms with van der Waals surface area (Å²) in [6.45, 7) is 3.12. The number of unbranched alkanes of at least 4 members (excludes halogenated alkanes) is 1. The monoisotopic (exact) mass is 239 g/mol. The number of rotatable bonds is 5. The largest absolute Gasteiger partial charge is 0.353 e. The van der Waals surface area contributed by atoms with Crippen LogP contribution in [0.1, 0.15) is 44.9 Å². The Bertz CT molecular complexity index is 257. The van der Waals surface area contributed by atoms with Gasteiger partial charge in [0.05, 0.1) is 0 Å². The Labute approximate surface area is 104 Å². The maximum absolute atomic E-state index is 11.7. The number of nitrogens with two attached hydrogens (primary N) is 1. The third kappa shape index (κ3) is 3.68. The molecule has 2 heterocycles. The van der Waals surface area contributed by atoms with E-state index in [1.807, 2.05) is 0 Å². The second-order valence-electron chi connectivity index (χ2n) is 5.37. The summed E-state index contributed by atoms with van der Waals surface area (Å²) in [4.78, 5) is 14.3. The molecule has 0 aromatic heterocycles. The summed E-state index contributed by atoms with van der Waals surface area (Å²) in [7, 11) is 0. The van der Waals surface area contributed by atoms with Crippen molar-refractivity contribution in [2.24, 2.45) is 5.73 Å². The van der Waals surface area contributed by atoms with Crippen molar-refractivity contribution in [3.63, 3.8) is 0 Å². The van der Waals surface area contributed by atoms with Crippen molar-refractivity contribution in [3.8, 4) is 0 Å². The van der Waals surface area contributed by atoms with Gasteiger partial charge in [-0.05, 0) is 51.6 Å². The topological polar surface area (TPSA) is 58.4 Å². The minimum Gasteiger partial charge on any atom is -0.353 e. The van der Waals surface area contributed by atoms with Gasteiger partial charge in [-0.15, -0.1) is 0 Å². The Kier molecular flexibility index (Phi) is 4.80. The standard InChI is InChI=1S/C13H25N3O/c14-7-2-1-5-13(17)15-11-6-9-16-8-3-4-12(16)10-11/h11-12H,1-10,14H2,(H,15,17). The van der Waals surface area contributed by atoms with E-state index in [4.69, 9.17) is 5.73 Å². The summed E-state index contributed by atoms with van der Waals surface area (Å²) in [6.07, 6.45) is 7.45. The van der Waals surface area contributed by atoms with Crippen LogP contribution in [0.2, 0.25) is 0 Å². The summed E-state index contributed by atoms with van der Waals surface area (Å²) < 4.78 is 0. The summed E-state index contributed by atoms with van der Waals surface area (Å²) in [5.41, 5.74) is 5.42. The lowest BCUT2D eigenvalue weighted by Crippen LogP contribution is -2.47. The molecule has 1 amide bonds. The molecule has 0 radical (unpaired) electrons.